The van der Waals surface area contributed by atoms with Gasteiger partial charge in [0.1, 0.15) is 12.6 Å². The van der Waals surface area contributed by atoms with E-state index in [9.17, 15) is 19.5 Å². The summed E-state index contributed by atoms with van der Waals surface area (Å²) in [5.41, 5.74) is 4.79. The second kappa shape index (κ2) is 10.2. The van der Waals surface area contributed by atoms with E-state index in [1.54, 1.807) is 13.8 Å². The van der Waals surface area contributed by atoms with Crippen molar-refractivity contribution in [2.24, 2.45) is 5.92 Å². The quantitative estimate of drug-likeness (QED) is 0.401. The number of nitrogens with one attached hydrogen (secondary N) is 2. The molecule has 4 rings (SSSR count). The third-order valence-corrected chi connectivity index (χ3v) is 6.36. The first-order chi connectivity index (χ1) is 16.8. The second-order valence-corrected chi connectivity index (χ2v) is 9.09. The van der Waals surface area contributed by atoms with Gasteiger partial charge in [-0.25, -0.2) is 9.59 Å². The summed E-state index contributed by atoms with van der Waals surface area (Å²) in [4.78, 5) is 36.6. The number of anilines is 1. The summed E-state index contributed by atoms with van der Waals surface area (Å²) >= 11 is 6.22. The highest BCUT2D eigenvalue weighted by atomic mass is 35.5. The van der Waals surface area contributed by atoms with Gasteiger partial charge in [0.05, 0.1) is 10.7 Å². The van der Waals surface area contributed by atoms with Crippen LogP contribution >= 0.6 is 11.6 Å². The molecular formula is C27H25ClN2O5. The third-order valence-electron chi connectivity index (χ3n) is 6.03. The maximum Gasteiger partial charge on any atom is 0.411 e. The Balaban J connectivity index is 1.45. The molecule has 0 spiro atoms. The van der Waals surface area contributed by atoms with E-state index in [1.165, 1.54) is 18.2 Å². The van der Waals surface area contributed by atoms with Crippen molar-refractivity contribution in [3.8, 4) is 11.1 Å². The molecule has 1 atom stereocenters. The van der Waals surface area contributed by atoms with Gasteiger partial charge in [0, 0.05) is 11.5 Å². The number of amides is 2. The number of hydrogen-bond acceptors (Lipinski definition) is 4. The van der Waals surface area contributed by atoms with Crippen LogP contribution in [0.3, 0.4) is 0 Å². The van der Waals surface area contributed by atoms with Crippen LogP contribution in [0.15, 0.2) is 66.7 Å². The van der Waals surface area contributed by atoms with Crippen molar-refractivity contribution in [3.05, 3.63) is 88.4 Å². The zero-order chi connectivity index (χ0) is 25.1. The van der Waals surface area contributed by atoms with Crippen LogP contribution < -0.4 is 10.6 Å². The highest BCUT2D eigenvalue weighted by molar-refractivity contribution is 6.33. The summed E-state index contributed by atoms with van der Waals surface area (Å²) in [6.45, 7) is 3.53. The predicted molar refractivity (Wildman–Crippen MR) is 134 cm³/mol. The molecule has 2 amide bonds. The number of carboxylic acid groups (broad SMARTS) is 1. The van der Waals surface area contributed by atoms with Crippen LogP contribution in [0.5, 0.6) is 0 Å². The summed E-state index contributed by atoms with van der Waals surface area (Å²) in [6, 6.07) is 19.3. The van der Waals surface area contributed by atoms with E-state index in [4.69, 9.17) is 16.3 Å². The number of carboxylic acids is 1. The number of fused-ring (bicyclic) bond motifs is 3. The fraction of sp³-hybridized carbons (Fsp3) is 0.222. The largest absolute Gasteiger partial charge is 0.480 e. The van der Waals surface area contributed by atoms with Crippen LogP contribution in [0, 0.1) is 5.92 Å². The highest BCUT2D eigenvalue weighted by Crippen LogP contribution is 2.44. The van der Waals surface area contributed by atoms with Crippen molar-refractivity contribution in [1.29, 1.82) is 0 Å². The second-order valence-electron chi connectivity index (χ2n) is 8.68. The fourth-order valence-electron chi connectivity index (χ4n) is 4.24. The number of ether oxygens (including phenoxy) is 1. The topological polar surface area (TPSA) is 105 Å². The van der Waals surface area contributed by atoms with Crippen LogP contribution in [0.4, 0.5) is 10.5 Å². The molecule has 0 aromatic heterocycles. The zero-order valence-corrected chi connectivity index (χ0v) is 20.0. The smallest absolute Gasteiger partial charge is 0.411 e. The van der Waals surface area contributed by atoms with Crippen LogP contribution in [-0.2, 0) is 9.53 Å². The molecule has 3 aromatic carbocycles. The molecule has 8 heteroatoms. The summed E-state index contributed by atoms with van der Waals surface area (Å²) in [5.74, 6) is -2.11. The lowest BCUT2D eigenvalue weighted by Crippen LogP contribution is -2.44. The lowest BCUT2D eigenvalue weighted by atomic mass is 9.98. The van der Waals surface area contributed by atoms with Gasteiger partial charge in [0.15, 0.2) is 0 Å². The number of aliphatic carboxylic acids is 1. The van der Waals surface area contributed by atoms with Gasteiger partial charge < -0.3 is 15.2 Å². The minimum absolute atomic E-state index is 0.0929. The van der Waals surface area contributed by atoms with Crippen LogP contribution in [-0.4, -0.2) is 35.7 Å². The van der Waals surface area contributed by atoms with Crippen molar-refractivity contribution in [2.75, 3.05) is 11.9 Å². The first kappa shape index (κ1) is 24.3. The molecule has 7 nitrogen and oxygen atoms in total. The Morgan fingerprint density at radius 1 is 0.971 bits per heavy atom. The Morgan fingerprint density at radius 3 is 2.14 bits per heavy atom. The lowest BCUT2D eigenvalue weighted by molar-refractivity contribution is -0.140. The molecule has 0 radical (unpaired) electrons. The molecule has 0 bridgehead atoms. The third kappa shape index (κ3) is 5.15. The average molecular weight is 493 g/mol. The molecule has 180 valence electrons. The SMILES string of the molecule is CC(C)[C@H](NC(=O)c1ccc(Cl)c(NC(=O)OCC2c3ccccc3-c3ccccc32)c1)C(=O)O. The molecule has 1 aliphatic rings. The first-order valence-electron chi connectivity index (χ1n) is 11.2. The number of rotatable bonds is 7. The van der Waals surface area contributed by atoms with Gasteiger partial charge in [-0.15, -0.1) is 0 Å². The van der Waals surface area contributed by atoms with Crippen molar-refractivity contribution < 1.29 is 24.2 Å². The predicted octanol–water partition coefficient (Wildman–Crippen LogP) is 5.54. The number of carbonyl (C=O) groups is 3. The summed E-state index contributed by atoms with van der Waals surface area (Å²) in [5, 5.41) is 14.6. The summed E-state index contributed by atoms with van der Waals surface area (Å²) in [7, 11) is 0. The fourth-order valence-corrected chi connectivity index (χ4v) is 4.41. The van der Waals surface area contributed by atoms with E-state index in [1.807, 2.05) is 36.4 Å². The highest BCUT2D eigenvalue weighted by Gasteiger charge is 2.29. The number of benzene rings is 3. The Bertz CT molecular complexity index is 1240. The van der Waals surface area contributed by atoms with Gasteiger partial charge >= 0.3 is 12.1 Å². The standard InChI is InChI=1S/C27H25ClN2O5/c1-15(2)24(26(32)33)30-25(31)16-11-12-22(28)23(13-16)29-27(34)35-14-21-19-9-5-3-7-17(19)18-8-4-6-10-20(18)21/h3-13,15,21,24H,14H2,1-2H3,(H,29,34)(H,30,31)(H,32,33)/t24-/m0/s1. The Kier molecular flexibility index (Phi) is 7.07. The van der Waals surface area contributed by atoms with Crippen molar-refractivity contribution in [2.45, 2.75) is 25.8 Å². The molecular weight excluding hydrogens is 468 g/mol. The van der Waals surface area contributed by atoms with Crippen LogP contribution in [0.25, 0.3) is 11.1 Å². The number of halogens is 1. The van der Waals surface area contributed by atoms with Crippen LogP contribution in [0.1, 0.15) is 41.3 Å². The summed E-state index contributed by atoms with van der Waals surface area (Å²) in [6.07, 6.45) is -0.711. The van der Waals surface area contributed by atoms with Crippen molar-refractivity contribution in [1.82, 2.24) is 5.32 Å². The molecule has 0 saturated carbocycles. The summed E-state index contributed by atoms with van der Waals surface area (Å²) < 4.78 is 5.54. The van der Waals surface area contributed by atoms with Gasteiger partial charge in [-0.1, -0.05) is 74.0 Å². The Morgan fingerprint density at radius 2 is 1.57 bits per heavy atom. The minimum Gasteiger partial charge on any atom is -0.480 e. The van der Waals surface area contributed by atoms with Gasteiger partial charge in [-0.3, -0.25) is 10.1 Å². The molecule has 1 aliphatic carbocycles. The van der Waals surface area contributed by atoms with E-state index in [0.29, 0.717) is 0 Å². The minimum atomic E-state index is -1.13. The molecule has 3 N–H and O–H groups in total. The Hall–Kier alpha value is -3.84. The van der Waals surface area contributed by atoms with E-state index in [2.05, 4.69) is 22.8 Å². The molecule has 0 fully saturated rings. The molecule has 0 unspecified atom stereocenters. The monoisotopic (exact) mass is 492 g/mol. The average Bonchev–Trinajstić information content (AvgIpc) is 3.15. The molecule has 0 aliphatic heterocycles. The first-order valence-corrected chi connectivity index (χ1v) is 11.6. The van der Waals surface area contributed by atoms with Gasteiger partial charge in [-0.2, -0.15) is 0 Å². The van der Waals surface area contributed by atoms with E-state index < -0.39 is 24.0 Å². The van der Waals surface area contributed by atoms with Gasteiger partial charge in [0.2, 0.25) is 0 Å². The molecule has 35 heavy (non-hydrogen) atoms. The molecule has 0 heterocycles. The van der Waals surface area contributed by atoms with Crippen LogP contribution in [0.2, 0.25) is 5.02 Å². The van der Waals surface area contributed by atoms with E-state index in [-0.39, 0.29) is 34.7 Å². The normalized spacial score (nSPS) is 13.0. The molecule has 3 aromatic rings. The number of hydrogen-bond donors (Lipinski definition) is 3. The lowest BCUT2D eigenvalue weighted by Gasteiger charge is -2.18. The van der Waals surface area contributed by atoms with Crippen molar-refractivity contribution >= 4 is 35.3 Å². The van der Waals surface area contributed by atoms with E-state index >= 15 is 0 Å². The van der Waals surface area contributed by atoms with Crippen molar-refractivity contribution in [3.63, 3.8) is 0 Å². The Labute approximate surface area is 208 Å². The van der Waals surface area contributed by atoms with E-state index in [0.717, 1.165) is 22.3 Å². The number of carbonyl (C=O) groups excluding carboxylic acids is 2. The zero-order valence-electron chi connectivity index (χ0n) is 19.2. The maximum absolute atomic E-state index is 12.6. The van der Waals surface area contributed by atoms with Gasteiger partial charge in [0.25, 0.3) is 5.91 Å². The van der Waals surface area contributed by atoms with Gasteiger partial charge in [-0.05, 0) is 46.4 Å². The maximum atomic E-state index is 12.6. The molecule has 0 saturated heterocycles.